The number of benzene rings is 1. The zero-order valence-corrected chi connectivity index (χ0v) is 24.5. The fraction of sp³-hybridized carbons (Fsp3) is 0.577. The number of methoxy groups -OCH3 is 2. The maximum atomic E-state index is 13.0. The van der Waals surface area contributed by atoms with Gasteiger partial charge in [0.15, 0.2) is 29.8 Å². The Morgan fingerprint density at radius 2 is 1.56 bits per heavy atom. The van der Waals surface area contributed by atoms with Crippen molar-refractivity contribution < 1.29 is 61.9 Å². The molecule has 2 rings (SSSR count). The Hall–Kier alpha value is -4.60. The molecule has 17 nitrogen and oxygen atoms in total. The highest BCUT2D eigenvalue weighted by Crippen LogP contribution is 2.35. The van der Waals surface area contributed by atoms with Crippen molar-refractivity contribution in [3.05, 3.63) is 34.2 Å². The molecule has 236 valence electrons. The van der Waals surface area contributed by atoms with E-state index in [9.17, 15) is 24.0 Å². The number of amides is 1. The average molecular weight is 611 g/mol. The van der Waals surface area contributed by atoms with E-state index in [4.69, 9.17) is 43.4 Å². The van der Waals surface area contributed by atoms with E-state index in [-0.39, 0.29) is 49.3 Å². The van der Waals surface area contributed by atoms with Gasteiger partial charge in [-0.3, -0.25) is 19.2 Å². The molecule has 1 fully saturated rings. The van der Waals surface area contributed by atoms with Gasteiger partial charge in [0.25, 0.3) is 5.91 Å². The first-order valence-electron chi connectivity index (χ1n) is 12.9. The molecular weight excluding hydrogens is 576 g/mol. The van der Waals surface area contributed by atoms with E-state index < -0.39 is 54.6 Å². The summed E-state index contributed by atoms with van der Waals surface area (Å²) in [5.74, 6) is -3.80. The minimum Gasteiger partial charge on any atom is -0.493 e. The molecule has 1 aromatic rings. The van der Waals surface area contributed by atoms with E-state index >= 15 is 0 Å². The highest BCUT2D eigenvalue weighted by Gasteiger charge is 2.56. The maximum Gasteiger partial charge on any atom is 0.339 e. The Morgan fingerprint density at radius 1 is 0.930 bits per heavy atom. The summed E-state index contributed by atoms with van der Waals surface area (Å²) in [4.78, 5) is 65.5. The number of ether oxygens (including phenoxy) is 8. The van der Waals surface area contributed by atoms with Crippen LogP contribution >= 0.6 is 0 Å². The van der Waals surface area contributed by atoms with Crippen LogP contribution < -0.4 is 9.47 Å². The van der Waals surface area contributed by atoms with Crippen molar-refractivity contribution in [2.75, 3.05) is 47.6 Å². The number of likely N-dealkylation sites (N-methyl/N-ethyl adjacent to an activating group) is 1. The van der Waals surface area contributed by atoms with Gasteiger partial charge in [-0.15, -0.1) is 0 Å². The first-order chi connectivity index (χ1) is 20.4. The van der Waals surface area contributed by atoms with Crippen molar-refractivity contribution in [1.29, 1.82) is 0 Å². The standard InChI is InChI=1S/C26H34N4O13/c1-14(31)39-20-21(40-15(2)32)23(41-16(3)33)26(43-22(20)25(35)37-6)42-18-8-7-17(13-19(18)36-5)24(34)30(4)10-12-38-11-9-28-29-27/h7-8,13,20-23,26H,9-12H2,1-6H3/t20-,21-,22-,23+,26+/m0/s1. The number of nitrogens with zero attached hydrogens (tertiary/aromatic N) is 4. The number of esters is 4. The Bertz CT molecular complexity index is 1220. The highest BCUT2D eigenvalue weighted by atomic mass is 16.7. The smallest absolute Gasteiger partial charge is 0.339 e. The van der Waals surface area contributed by atoms with Gasteiger partial charge in [-0.05, 0) is 23.7 Å². The molecule has 1 saturated heterocycles. The van der Waals surface area contributed by atoms with Crippen LogP contribution in [0.15, 0.2) is 23.3 Å². The molecule has 0 aliphatic carbocycles. The number of azide groups is 1. The van der Waals surface area contributed by atoms with Gasteiger partial charge in [0.05, 0.1) is 27.4 Å². The topological polar surface area (TPSA) is 211 Å². The van der Waals surface area contributed by atoms with E-state index in [1.54, 1.807) is 7.05 Å². The van der Waals surface area contributed by atoms with Crippen LogP contribution in [0.3, 0.4) is 0 Å². The molecule has 1 heterocycles. The van der Waals surface area contributed by atoms with Crippen LogP contribution in [0.4, 0.5) is 0 Å². The van der Waals surface area contributed by atoms with Crippen LogP contribution in [0.5, 0.6) is 11.5 Å². The van der Waals surface area contributed by atoms with Crippen molar-refractivity contribution >= 4 is 29.8 Å². The molecule has 0 bridgehead atoms. The molecule has 1 aliphatic heterocycles. The molecular formula is C26H34N4O13. The molecule has 1 aliphatic rings. The van der Waals surface area contributed by atoms with E-state index in [1.807, 2.05) is 0 Å². The molecule has 43 heavy (non-hydrogen) atoms. The summed E-state index contributed by atoms with van der Waals surface area (Å²) in [6.45, 7) is 4.04. The van der Waals surface area contributed by atoms with Crippen LogP contribution in [0.25, 0.3) is 10.4 Å². The number of carbonyl (C=O) groups excluding carboxylic acids is 5. The van der Waals surface area contributed by atoms with Crippen molar-refractivity contribution in [3.63, 3.8) is 0 Å². The molecule has 0 radical (unpaired) electrons. The zero-order valence-electron chi connectivity index (χ0n) is 24.5. The third kappa shape index (κ3) is 10.0. The summed E-state index contributed by atoms with van der Waals surface area (Å²) in [6.07, 6.45) is -7.88. The quantitative estimate of drug-likeness (QED) is 0.0723. The molecule has 0 unspecified atom stereocenters. The van der Waals surface area contributed by atoms with Gasteiger partial charge in [-0.1, -0.05) is 5.11 Å². The molecule has 1 amide bonds. The molecule has 0 spiro atoms. The van der Waals surface area contributed by atoms with Gasteiger partial charge in [0.1, 0.15) is 0 Å². The summed E-state index contributed by atoms with van der Waals surface area (Å²) in [5.41, 5.74) is 8.51. The van der Waals surface area contributed by atoms with E-state index in [0.717, 1.165) is 27.9 Å². The van der Waals surface area contributed by atoms with Crippen molar-refractivity contribution in [2.45, 2.75) is 51.5 Å². The van der Waals surface area contributed by atoms with Gasteiger partial charge in [-0.2, -0.15) is 0 Å². The van der Waals surface area contributed by atoms with Crippen LogP contribution in [-0.4, -0.2) is 113 Å². The Morgan fingerprint density at radius 3 is 2.14 bits per heavy atom. The second-order valence-corrected chi connectivity index (χ2v) is 8.95. The monoisotopic (exact) mass is 610 g/mol. The predicted molar refractivity (Wildman–Crippen MR) is 143 cm³/mol. The van der Waals surface area contributed by atoms with E-state index in [2.05, 4.69) is 10.0 Å². The second kappa shape index (κ2) is 16.7. The summed E-state index contributed by atoms with van der Waals surface area (Å²) in [5, 5.41) is 3.36. The third-order valence-corrected chi connectivity index (χ3v) is 5.80. The van der Waals surface area contributed by atoms with Crippen molar-refractivity contribution in [1.82, 2.24) is 4.90 Å². The van der Waals surface area contributed by atoms with E-state index in [1.165, 1.54) is 30.2 Å². The van der Waals surface area contributed by atoms with Gasteiger partial charge >= 0.3 is 23.9 Å². The van der Waals surface area contributed by atoms with Gasteiger partial charge in [0.2, 0.25) is 12.4 Å². The lowest BCUT2D eigenvalue weighted by molar-refractivity contribution is -0.282. The SMILES string of the molecule is COC(=O)[C@H]1O[C@@H](Oc2ccc(C(=O)N(C)CCOCCN=[N+]=[N-])cc2OC)[C@H](OC(C)=O)[C@@H](OC(C)=O)[C@@H]1OC(C)=O. The number of carbonyl (C=O) groups is 5. The molecule has 0 N–H and O–H groups in total. The minimum atomic E-state index is -1.65. The van der Waals surface area contributed by atoms with Crippen LogP contribution in [0.1, 0.15) is 31.1 Å². The Labute approximate surface area is 246 Å². The maximum absolute atomic E-state index is 13.0. The Balaban J connectivity index is 2.36. The average Bonchev–Trinajstić information content (AvgIpc) is 2.96. The Kier molecular flexibility index (Phi) is 13.5. The third-order valence-electron chi connectivity index (χ3n) is 5.80. The number of hydrogen-bond donors (Lipinski definition) is 0. The fourth-order valence-corrected chi connectivity index (χ4v) is 3.97. The molecule has 1 aromatic carbocycles. The van der Waals surface area contributed by atoms with Crippen LogP contribution in [0.2, 0.25) is 0 Å². The first kappa shape index (κ1) is 34.6. The molecule has 0 saturated carbocycles. The normalized spacial score (nSPS) is 20.9. The predicted octanol–water partition coefficient (Wildman–Crippen LogP) is 1.17. The van der Waals surface area contributed by atoms with E-state index in [0.29, 0.717) is 0 Å². The summed E-state index contributed by atoms with van der Waals surface area (Å²) >= 11 is 0. The minimum absolute atomic E-state index is 0.00126. The molecule has 0 aromatic heterocycles. The van der Waals surface area contributed by atoms with Gasteiger partial charge in [0, 0.05) is 51.4 Å². The number of hydrogen-bond acceptors (Lipinski definition) is 14. The van der Waals surface area contributed by atoms with Gasteiger partial charge in [-0.25, -0.2) is 4.79 Å². The van der Waals surface area contributed by atoms with Crippen LogP contribution in [0, 0.1) is 0 Å². The fourth-order valence-electron chi connectivity index (χ4n) is 3.97. The van der Waals surface area contributed by atoms with Gasteiger partial charge < -0.3 is 42.8 Å². The molecule has 17 heteroatoms. The lowest BCUT2D eigenvalue weighted by atomic mass is 9.97. The lowest BCUT2D eigenvalue weighted by Gasteiger charge is -2.43. The zero-order chi connectivity index (χ0) is 32.1. The first-order valence-corrected chi connectivity index (χ1v) is 12.9. The van der Waals surface area contributed by atoms with Crippen molar-refractivity contribution in [3.8, 4) is 11.5 Å². The molecule has 5 atom stereocenters. The largest absolute Gasteiger partial charge is 0.493 e. The number of rotatable bonds is 14. The highest BCUT2D eigenvalue weighted by molar-refractivity contribution is 5.94. The summed E-state index contributed by atoms with van der Waals surface area (Å²) in [6, 6.07) is 4.21. The summed E-state index contributed by atoms with van der Waals surface area (Å²) in [7, 11) is 3.95. The summed E-state index contributed by atoms with van der Waals surface area (Å²) < 4.78 is 43.1. The van der Waals surface area contributed by atoms with Crippen molar-refractivity contribution in [2.24, 2.45) is 5.11 Å². The second-order valence-electron chi connectivity index (χ2n) is 8.95. The lowest BCUT2D eigenvalue weighted by Crippen LogP contribution is -2.64. The van der Waals surface area contributed by atoms with Crippen LogP contribution in [-0.2, 0) is 47.6 Å².